The van der Waals surface area contributed by atoms with E-state index in [4.69, 9.17) is 0 Å². The van der Waals surface area contributed by atoms with Crippen molar-refractivity contribution in [2.45, 2.75) is 91.1 Å². The van der Waals surface area contributed by atoms with E-state index in [2.05, 4.69) is 45.1 Å². The van der Waals surface area contributed by atoms with Crippen LogP contribution in [0.2, 0.25) is 0 Å². The number of Topliss-reactive ketones (excluding diaryl/α,β-unsaturated/α-hetero) is 1. The molecule has 0 radical (unpaired) electrons. The number of hydrogen-bond donors (Lipinski definition) is 1. The minimum atomic E-state index is -0.220. The van der Waals surface area contributed by atoms with Gasteiger partial charge in [-0.1, -0.05) is 64.3 Å². The Labute approximate surface area is 154 Å². The normalized spacial score (nSPS) is 30.2. The van der Waals surface area contributed by atoms with Crippen LogP contribution in [0.5, 0.6) is 0 Å². The van der Waals surface area contributed by atoms with E-state index >= 15 is 0 Å². The lowest BCUT2D eigenvalue weighted by Crippen LogP contribution is -2.40. The second-order valence-corrected chi connectivity index (χ2v) is 8.43. The highest BCUT2D eigenvalue weighted by Gasteiger charge is 2.41. The van der Waals surface area contributed by atoms with Crippen molar-refractivity contribution < 1.29 is 9.90 Å². The molecule has 2 heteroatoms. The Morgan fingerprint density at radius 2 is 2.00 bits per heavy atom. The Morgan fingerprint density at radius 1 is 1.24 bits per heavy atom. The quantitative estimate of drug-likeness (QED) is 0.398. The Hall–Kier alpha value is -0.890. The van der Waals surface area contributed by atoms with Crippen molar-refractivity contribution in [3.8, 4) is 0 Å². The van der Waals surface area contributed by atoms with Gasteiger partial charge in [0, 0.05) is 12.3 Å². The van der Waals surface area contributed by atoms with E-state index in [1.807, 2.05) is 0 Å². The number of aliphatic hydroxyl groups is 1. The van der Waals surface area contributed by atoms with Crippen LogP contribution in [0.4, 0.5) is 0 Å². The fraction of sp³-hybridized carbons (Fsp3) is 0.783. The first-order valence-electron chi connectivity index (χ1n) is 10.6. The van der Waals surface area contributed by atoms with Gasteiger partial charge in [-0.25, -0.2) is 0 Å². The molecule has 2 nitrogen and oxygen atoms in total. The van der Waals surface area contributed by atoms with Crippen molar-refractivity contribution in [2.75, 3.05) is 0 Å². The van der Waals surface area contributed by atoms with E-state index in [-0.39, 0.29) is 17.4 Å². The lowest BCUT2D eigenvalue weighted by molar-refractivity contribution is -0.121. The summed E-state index contributed by atoms with van der Waals surface area (Å²) in [6.07, 6.45) is 19.2. The number of carbonyl (C=O) groups is 1. The van der Waals surface area contributed by atoms with Gasteiger partial charge >= 0.3 is 0 Å². The van der Waals surface area contributed by atoms with E-state index in [1.54, 1.807) is 0 Å². The topological polar surface area (TPSA) is 37.3 Å². The summed E-state index contributed by atoms with van der Waals surface area (Å²) in [7, 11) is 0. The molecule has 0 aromatic heterocycles. The maximum absolute atomic E-state index is 12.4. The lowest BCUT2D eigenvalue weighted by Gasteiger charge is -2.45. The van der Waals surface area contributed by atoms with Crippen LogP contribution >= 0.6 is 0 Å². The van der Waals surface area contributed by atoms with Gasteiger partial charge in [0.15, 0.2) is 0 Å². The molecule has 0 aromatic carbocycles. The fourth-order valence-corrected chi connectivity index (χ4v) is 4.68. The van der Waals surface area contributed by atoms with E-state index < -0.39 is 0 Å². The van der Waals surface area contributed by atoms with Gasteiger partial charge in [0.2, 0.25) is 0 Å². The van der Waals surface area contributed by atoms with Crippen LogP contribution in [-0.4, -0.2) is 17.0 Å². The minimum absolute atomic E-state index is 0.144. The average Bonchev–Trinajstić information content (AvgIpc) is 2.81. The molecular formula is C23H38O2. The Balaban J connectivity index is 1.88. The molecule has 25 heavy (non-hydrogen) atoms. The van der Waals surface area contributed by atoms with E-state index in [0.717, 1.165) is 25.7 Å². The largest absolute Gasteiger partial charge is 0.392 e. The van der Waals surface area contributed by atoms with E-state index in [9.17, 15) is 9.90 Å². The van der Waals surface area contributed by atoms with Crippen molar-refractivity contribution in [3.63, 3.8) is 0 Å². The third kappa shape index (κ3) is 5.06. The summed E-state index contributed by atoms with van der Waals surface area (Å²) in [6.45, 7) is 6.60. The summed E-state index contributed by atoms with van der Waals surface area (Å²) in [5.41, 5.74) is 0.170. The minimum Gasteiger partial charge on any atom is -0.392 e. The van der Waals surface area contributed by atoms with Gasteiger partial charge < -0.3 is 5.11 Å². The van der Waals surface area contributed by atoms with Crippen LogP contribution in [0, 0.1) is 23.2 Å². The average molecular weight is 347 g/mol. The third-order valence-corrected chi connectivity index (χ3v) is 6.82. The van der Waals surface area contributed by atoms with Gasteiger partial charge in [-0.2, -0.15) is 0 Å². The SMILES string of the molecule is CCCC/C=C\C[C@H]1C(=O)C[C@@H](C)[C@@H]1/C=C/CC(O)C1(CC)CCC1. The fourth-order valence-electron chi connectivity index (χ4n) is 4.68. The molecular weight excluding hydrogens is 308 g/mol. The molecule has 0 spiro atoms. The standard InChI is InChI=1S/C23H38O2/c1-4-6-7-8-9-12-20-19(18(3)17-21(20)24)13-10-14-22(25)23(5-2)15-11-16-23/h8-10,13,18-20,22,25H,4-7,11-12,14-17H2,1-3H3/b9-8-,13-10+/t18-,19+,20-,22?/m1/s1. The zero-order valence-electron chi connectivity index (χ0n) is 16.5. The highest BCUT2D eigenvalue weighted by Crippen LogP contribution is 2.47. The number of allylic oxidation sites excluding steroid dienone is 3. The first-order chi connectivity index (χ1) is 12.0. The van der Waals surface area contributed by atoms with E-state index in [1.165, 1.54) is 32.1 Å². The molecule has 2 aliphatic rings. The number of aliphatic hydroxyl groups excluding tert-OH is 1. The molecule has 2 saturated carbocycles. The van der Waals surface area contributed by atoms with Crippen molar-refractivity contribution in [3.05, 3.63) is 24.3 Å². The van der Waals surface area contributed by atoms with Gasteiger partial charge in [0.25, 0.3) is 0 Å². The summed E-state index contributed by atoms with van der Waals surface area (Å²) in [6, 6.07) is 0. The monoisotopic (exact) mass is 346 g/mol. The molecule has 0 bridgehead atoms. The summed E-state index contributed by atoms with van der Waals surface area (Å²) in [5, 5.41) is 10.6. The zero-order valence-corrected chi connectivity index (χ0v) is 16.5. The zero-order chi connectivity index (χ0) is 18.3. The van der Waals surface area contributed by atoms with Gasteiger partial charge in [0.1, 0.15) is 5.78 Å². The Bertz CT molecular complexity index is 467. The number of hydrogen-bond acceptors (Lipinski definition) is 2. The van der Waals surface area contributed by atoms with Crippen LogP contribution in [-0.2, 0) is 4.79 Å². The number of carbonyl (C=O) groups excluding carboxylic acids is 1. The summed E-state index contributed by atoms with van der Waals surface area (Å²) in [4.78, 5) is 12.4. The van der Waals surface area contributed by atoms with Gasteiger partial charge in [-0.05, 0) is 55.8 Å². The second kappa shape index (κ2) is 9.71. The van der Waals surface area contributed by atoms with Gasteiger partial charge in [-0.15, -0.1) is 0 Å². The number of rotatable bonds is 10. The molecule has 2 fully saturated rings. The first kappa shape index (κ1) is 20.4. The molecule has 1 unspecified atom stereocenters. The van der Waals surface area contributed by atoms with Crippen molar-refractivity contribution in [1.29, 1.82) is 0 Å². The molecule has 0 saturated heterocycles. The summed E-state index contributed by atoms with van der Waals surface area (Å²) in [5.74, 6) is 1.34. The molecule has 0 heterocycles. The molecule has 1 N–H and O–H groups in total. The predicted octanol–water partition coefficient (Wildman–Crippen LogP) is 5.85. The molecule has 0 aliphatic heterocycles. The van der Waals surface area contributed by atoms with Crippen LogP contribution < -0.4 is 0 Å². The van der Waals surface area contributed by atoms with Crippen LogP contribution in [0.1, 0.15) is 85.0 Å². The Morgan fingerprint density at radius 3 is 2.60 bits per heavy atom. The van der Waals surface area contributed by atoms with Gasteiger partial charge in [-0.3, -0.25) is 4.79 Å². The molecule has 0 amide bonds. The second-order valence-electron chi connectivity index (χ2n) is 8.43. The summed E-state index contributed by atoms with van der Waals surface area (Å²) >= 11 is 0. The van der Waals surface area contributed by atoms with Crippen LogP contribution in [0.3, 0.4) is 0 Å². The maximum atomic E-state index is 12.4. The molecule has 2 aliphatic carbocycles. The number of ketones is 1. The molecule has 2 rings (SSSR count). The first-order valence-corrected chi connectivity index (χ1v) is 10.6. The van der Waals surface area contributed by atoms with E-state index in [0.29, 0.717) is 24.0 Å². The third-order valence-electron chi connectivity index (χ3n) is 6.82. The Kier molecular flexibility index (Phi) is 7.93. The predicted molar refractivity (Wildman–Crippen MR) is 105 cm³/mol. The van der Waals surface area contributed by atoms with Crippen molar-refractivity contribution in [1.82, 2.24) is 0 Å². The maximum Gasteiger partial charge on any atom is 0.137 e. The smallest absolute Gasteiger partial charge is 0.137 e. The molecule has 142 valence electrons. The van der Waals surface area contributed by atoms with Crippen LogP contribution in [0.15, 0.2) is 24.3 Å². The summed E-state index contributed by atoms with van der Waals surface area (Å²) < 4.78 is 0. The highest BCUT2D eigenvalue weighted by molar-refractivity contribution is 5.84. The highest BCUT2D eigenvalue weighted by atomic mass is 16.3. The lowest BCUT2D eigenvalue weighted by atomic mass is 9.63. The molecule has 0 aromatic rings. The van der Waals surface area contributed by atoms with Crippen molar-refractivity contribution in [2.24, 2.45) is 23.2 Å². The van der Waals surface area contributed by atoms with Gasteiger partial charge in [0.05, 0.1) is 6.10 Å². The van der Waals surface area contributed by atoms with Crippen LogP contribution in [0.25, 0.3) is 0 Å². The number of unbranched alkanes of at least 4 members (excludes halogenated alkanes) is 2. The van der Waals surface area contributed by atoms with Crippen molar-refractivity contribution >= 4 is 5.78 Å². The molecule has 4 atom stereocenters.